The minimum absolute atomic E-state index is 0.126. The smallest absolute Gasteiger partial charge is 0.256 e. The van der Waals surface area contributed by atoms with Crippen LogP contribution in [0.25, 0.3) is 11.6 Å². The van der Waals surface area contributed by atoms with Gasteiger partial charge in [-0.2, -0.15) is 0 Å². The summed E-state index contributed by atoms with van der Waals surface area (Å²) in [5.41, 5.74) is 4.23. The van der Waals surface area contributed by atoms with Gasteiger partial charge in [-0.25, -0.2) is 0 Å². The number of benzene rings is 2. The summed E-state index contributed by atoms with van der Waals surface area (Å²) in [6.45, 7) is 2.04. The van der Waals surface area contributed by atoms with Crippen LogP contribution in [0.2, 0.25) is 0 Å². The second kappa shape index (κ2) is 7.73. The molecule has 134 valence electrons. The van der Waals surface area contributed by atoms with E-state index in [9.17, 15) is 9.59 Å². The number of rotatable bonds is 4. The molecule has 3 rings (SSSR count). The third-order valence-electron chi connectivity index (χ3n) is 4.08. The zero-order valence-electron chi connectivity index (χ0n) is 13.9. The maximum Gasteiger partial charge on any atom is 0.256 e. The molecule has 0 unspecified atom stereocenters. The summed E-state index contributed by atoms with van der Waals surface area (Å²) in [6, 6.07) is 8.92. The summed E-state index contributed by atoms with van der Waals surface area (Å²) >= 11 is 7.03. The monoisotopic (exact) mass is 478 g/mol. The Morgan fingerprint density at radius 1 is 1.23 bits per heavy atom. The van der Waals surface area contributed by atoms with Crippen LogP contribution in [0.4, 0.5) is 5.69 Å². The normalized spacial score (nSPS) is 14.3. The van der Waals surface area contributed by atoms with Crippen LogP contribution in [0.15, 0.2) is 39.3 Å². The van der Waals surface area contributed by atoms with E-state index in [0.717, 1.165) is 20.1 Å². The third-order valence-corrected chi connectivity index (χ3v) is 5.72. The summed E-state index contributed by atoms with van der Waals surface area (Å²) in [5, 5.41) is 14.3. The van der Waals surface area contributed by atoms with Gasteiger partial charge in [-0.3, -0.25) is 9.59 Å². The Balaban J connectivity index is 2.01. The topological polar surface area (TPSA) is 78.4 Å². The van der Waals surface area contributed by atoms with Crippen LogP contribution in [0, 0.1) is 6.92 Å². The first-order valence-corrected chi connectivity index (χ1v) is 9.51. The Morgan fingerprint density at radius 3 is 2.58 bits per heavy atom. The molecule has 0 bridgehead atoms. The highest BCUT2D eigenvalue weighted by Crippen LogP contribution is 2.35. The number of hydrogen-bond donors (Lipinski definition) is 3. The van der Waals surface area contributed by atoms with Crippen molar-refractivity contribution in [3.8, 4) is 0 Å². The number of amides is 2. The first kappa shape index (κ1) is 18.8. The average Bonchev–Trinajstić information content (AvgIpc) is 2.92. The number of aliphatic hydroxyl groups is 1. The molecule has 0 aromatic heterocycles. The molecule has 0 radical (unpaired) electrons. The van der Waals surface area contributed by atoms with Crippen molar-refractivity contribution in [1.29, 1.82) is 0 Å². The predicted octanol–water partition coefficient (Wildman–Crippen LogP) is 3.73. The van der Waals surface area contributed by atoms with Gasteiger partial charge < -0.3 is 15.7 Å². The van der Waals surface area contributed by atoms with Crippen molar-refractivity contribution in [2.75, 3.05) is 18.5 Å². The molecule has 1 heterocycles. The number of halogens is 2. The molecule has 1 aliphatic rings. The second-order valence-electron chi connectivity index (χ2n) is 5.86. The van der Waals surface area contributed by atoms with Gasteiger partial charge in [-0.1, -0.05) is 31.9 Å². The van der Waals surface area contributed by atoms with E-state index in [1.165, 1.54) is 0 Å². The van der Waals surface area contributed by atoms with Crippen molar-refractivity contribution in [3.05, 3.63) is 61.5 Å². The molecule has 26 heavy (non-hydrogen) atoms. The standard InChI is InChI=1S/C19H16Br2N2O3/c1-10-15(20)7-11(8-16(10)21)6-14-13-9-12(18(25)22-4-5-24)2-3-17(13)23-19(14)26/h2-3,6-9,24H,4-5H2,1H3,(H,22,25)(H,23,26). The number of fused-ring (bicyclic) bond motifs is 1. The van der Waals surface area contributed by atoms with E-state index in [2.05, 4.69) is 42.5 Å². The number of anilines is 1. The summed E-state index contributed by atoms with van der Waals surface area (Å²) in [4.78, 5) is 24.5. The zero-order valence-corrected chi connectivity index (χ0v) is 17.1. The molecule has 0 atom stereocenters. The lowest BCUT2D eigenvalue weighted by Gasteiger charge is -2.06. The fourth-order valence-corrected chi connectivity index (χ4v) is 3.88. The second-order valence-corrected chi connectivity index (χ2v) is 7.57. The Labute approximate surface area is 167 Å². The van der Waals surface area contributed by atoms with Crippen LogP contribution in [0.1, 0.15) is 27.0 Å². The molecule has 0 fully saturated rings. The number of carbonyl (C=O) groups is 2. The van der Waals surface area contributed by atoms with Crippen molar-refractivity contribution >= 4 is 61.0 Å². The van der Waals surface area contributed by atoms with Gasteiger partial charge in [0, 0.05) is 37.9 Å². The highest BCUT2D eigenvalue weighted by atomic mass is 79.9. The van der Waals surface area contributed by atoms with Crippen LogP contribution in [0.3, 0.4) is 0 Å². The molecule has 2 amide bonds. The van der Waals surface area contributed by atoms with Crippen molar-refractivity contribution in [2.45, 2.75) is 6.92 Å². The van der Waals surface area contributed by atoms with Gasteiger partial charge >= 0.3 is 0 Å². The van der Waals surface area contributed by atoms with E-state index in [1.807, 2.05) is 19.1 Å². The lowest BCUT2D eigenvalue weighted by molar-refractivity contribution is -0.110. The Kier molecular flexibility index (Phi) is 5.60. The van der Waals surface area contributed by atoms with Crippen molar-refractivity contribution in [3.63, 3.8) is 0 Å². The van der Waals surface area contributed by atoms with Gasteiger partial charge in [-0.05, 0) is 54.5 Å². The first-order valence-electron chi connectivity index (χ1n) is 7.93. The van der Waals surface area contributed by atoms with Crippen molar-refractivity contribution < 1.29 is 14.7 Å². The van der Waals surface area contributed by atoms with E-state index in [-0.39, 0.29) is 25.0 Å². The van der Waals surface area contributed by atoms with Crippen LogP contribution in [-0.2, 0) is 4.79 Å². The number of aliphatic hydroxyl groups excluding tert-OH is 1. The SMILES string of the molecule is Cc1c(Br)cc(C=C2C(=O)Nc3ccc(C(=O)NCCO)cc32)cc1Br. The molecule has 2 aromatic carbocycles. The fraction of sp³-hybridized carbons (Fsp3) is 0.158. The minimum atomic E-state index is -0.290. The number of hydrogen-bond acceptors (Lipinski definition) is 3. The molecule has 7 heteroatoms. The van der Waals surface area contributed by atoms with Gasteiger partial charge in [-0.15, -0.1) is 0 Å². The Morgan fingerprint density at radius 2 is 1.92 bits per heavy atom. The maximum atomic E-state index is 12.4. The van der Waals surface area contributed by atoms with Crippen LogP contribution in [0.5, 0.6) is 0 Å². The van der Waals surface area contributed by atoms with Gasteiger partial charge in [0.2, 0.25) is 0 Å². The molecular formula is C19H16Br2N2O3. The van der Waals surface area contributed by atoms with Gasteiger partial charge in [0.15, 0.2) is 0 Å². The molecule has 0 saturated heterocycles. The molecule has 0 aliphatic carbocycles. The number of carbonyl (C=O) groups excluding carboxylic acids is 2. The Hall–Kier alpha value is -1.96. The largest absolute Gasteiger partial charge is 0.395 e. The van der Waals surface area contributed by atoms with E-state index >= 15 is 0 Å². The van der Waals surface area contributed by atoms with E-state index in [1.54, 1.807) is 24.3 Å². The molecule has 5 nitrogen and oxygen atoms in total. The van der Waals surface area contributed by atoms with Crippen LogP contribution >= 0.6 is 31.9 Å². The van der Waals surface area contributed by atoms with Gasteiger partial charge in [0.05, 0.1) is 6.61 Å². The summed E-state index contributed by atoms with van der Waals surface area (Å²) in [7, 11) is 0. The maximum absolute atomic E-state index is 12.4. The molecule has 0 saturated carbocycles. The van der Waals surface area contributed by atoms with Crippen LogP contribution in [-0.4, -0.2) is 30.1 Å². The van der Waals surface area contributed by atoms with Crippen molar-refractivity contribution in [2.24, 2.45) is 0 Å². The lowest BCUT2D eigenvalue weighted by Crippen LogP contribution is -2.26. The van der Waals surface area contributed by atoms with Gasteiger partial charge in [0.25, 0.3) is 11.8 Å². The fourth-order valence-electron chi connectivity index (χ4n) is 2.66. The average molecular weight is 480 g/mol. The lowest BCUT2D eigenvalue weighted by atomic mass is 10.0. The summed E-state index contributed by atoms with van der Waals surface area (Å²) < 4.78 is 1.88. The molecule has 1 aliphatic heterocycles. The quantitative estimate of drug-likeness (QED) is 0.584. The molecule has 0 spiro atoms. The zero-order chi connectivity index (χ0) is 18.8. The molecule has 3 N–H and O–H groups in total. The van der Waals surface area contributed by atoms with E-state index < -0.39 is 0 Å². The Bertz CT molecular complexity index is 915. The predicted molar refractivity (Wildman–Crippen MR) is 109 cm³/mol. The van der Waals surface area contributed by atoms with Crippen molar-refractivity contribution in [1.82, 2.24) is 5.32 Å². The summed E-state index contributed by atoms with van der Waals surface area (Å²) in [6.07, 6.45) is 1.80. The van der Waals surface area contributed by atoms with E-state index in [4.69, 9.17) is 5.11 Å². The number of nitrogens with one attached hydrogen (secondary N) is 2. The summed E-state index contributed by atoms with van der Waals surface area (Å²) in [5.74, 6) is -0.498. The van der Waals surface area contributed by atoms with Gasteiger partial charge in [0.1, 0.15) is 0 Å². The highest BCUT2D eigenvalue weighted by molar-refractivity contribution is 9.11. The first-order chi connectivity index (χ1) is 12.4. The van der Waals surface area contributed by atoms with E-state index in [0.29, 0.717) is 22.4 Å². The third kappa shape index (κ3) is 3.75. The molecular weight excluding hydrogens is 464 g/mol. The molecule has 2 aromatic rings. The van der Waals surface area contributed by atoms with Crippen LogP contribution < -0.4 is 10.6 Å². The minimum Gasteiger partial charge on any atom is -0.395 e. The highest BCUT2D eigenvalue weighted by Gasteiger charge is 2.25.